The van der Waals surface area contributed by atoms with E-state index in [0.717, 1.165) is 16.1 Å². The predicted molar refractivity (Wildman–Crippen MR) is 76.0 cm³/mol. The van der Waals surface area contributed by atoms with Gasteiger partial charge >= 0.3 is 0 Å². The van der Waals surface area contributed by atoms with E-state index in [1.165, 1.54) is 12.1 Å². The topological polar surface area (TPSA) is 12.0 Å². The minimum absolute atomic E-state index is 0.0515. The molecular formula is C15H14BrF2N. The molecule has 0 fully saturated rings. The number of halogens is 3. The minimum atomic E-state index is -0.415. The Morgan fingerprint density at radius 2 is 1.79 bits per heavy atom. The molecule has 4 heteroatoms. The van der Waals surface area contributed by atoms with Crippen molar-refractivity contribution >= 4 is 15.9 Å². The first-order chi connectivity index (χ1) is 9.10. The molecule has 0 spiro atoms. The van der Waals surface area contributed by atoms with Gasteiger partial charge in [0.1, 0.15) is 11.6 Å². The van der Waals surface area contributed by atoms with Gasteiger partial charge in [-0.1, -0.05) is 28.1 Å². The molecule has 1 unspecified atom stereocenters. The van der Waals surface area contributed by atoms with Gasteiger partial charge in [-0.15, -0.1) is 0 Å². The smallest absolute Gasteiger partial charge is 0.126 e. The van der Waals surface area contributed by atoms with Gasteiger partial charge in [-0.25, -0.2) is 8.78 Å². The number of hydrogen-bond donors (Lipinski definition) is 1. The van der Waals surface area contributed by atoms with Gasteiger partial charge in [-0.3, -0.25) is 0 Å². The summed E-state index contributed by atoms with van der Waals surface area (Å²) in [6, 6.07) is 11.3. The lowest BCUT2D eigenvalue weighted by Gasteiger charge is -2.17. The molecular weight excluding hydrogens is 312 g/mol. The molecule has 0 radical (unpaired) electrons. The highest BCUT2D eigenvalue weighted by Crippen LogP contribution is 2.22. The Hall–Kier alpha value is -1.26. The van der Waals surface area contributed by atoms with Crippen LogP contribution in [0.5, 0.6) is 0 Å². The zero-order chi connectivity index (χ0) is 13.8. The standard InChI is InChI=1S/C15H14BrF2N/c1-19-15(10-2-4-12(16)5-3-10)9-11-8-13(17)6-7-14(11)18/h2-8,15,19H,9H2,1H3. The van der Waals surface area contributed by atoms with E-state index in [-0.39, 0.29) is 11.9 Å². The summed E-state index contributed by atoms with van der Waals surface area (Å²) in [4.78, 5) is 0. The Kier molecular flexibility index (Phi) is 4.66. The van der Waals surface area contributed by atoms with Crippen molar-refractivity contribution in [2.75, 3.05) is 7.05 Å². The molecule has 0 aliphatic heterocycles. The number of likely N-dealkylation sites (N-methyl/N-ethyl adjacent to an activating group) is 1. The van der Waals surface area contributed by atoms with E-state index in [9.17, 15) is 8.78 Å². The van der Waals surface area contributed by atoms with Crippen LogP contribution in [-0.2, 0) is 6.42 Å². The second kappa shape index (κ2) is 6.26. The number of rotatable bonds is 4. The van der Waals surface area contributed by atoms with Crippen LogP contribution in [0.3, 0.4) is 0 Å². The third-order valence-electron chi connectivity index (χ3n) is 3.05. The van der Waals surface area contributed by atoms with Crippen LogP contribution in [0.4, 0.5) is 8.78 Å². The van der Waals surface area contributed by atoms with Gasteiger partial charge in [-0.2, -0.15) is 0 Å². The van der Waals surface area contributed by atoms with Crippen LogP contribution in [0.25, 0.3) is 0 Å². The highest BCUT2D eigenvalue weighted by molar-refractivity contribution is 9.10. The zero-order valence-electron chi connectivity index (χ0n) is 10.5. The van der Waals surface area contributed by atoms with E-state index in [1.807, 2.05) is 31.3 Å². The Labute approximate surface area is 119 Å². The summed E-state index contributed by atoms with van der Waals surface area (Å²) in [5.41, 5.74) is 1.41. The fraction of sp³-hybridized carbons (Fsp3) is 0.200. The number of nitrogens with one attached hydrogen (secondary N) is 1. The molecule has 0 saturated heterocycles. The predicted octanol–water partition coefficient (Wildman–Crippen LogP) is 4.23. The molecule has 0 amide bonds. The van der Waals surface area contributed by atoms with Crippen LogP contribution in [-0.4, -0.2) is 7.05 Å². The van der Waals surface area contributed by atoms with Crippen molar-refractivity contribution in [2.24, 2.45) is 0 Å². The summed E-state index contributed by atoms with van der Waals surface area (Å²) < 4.78 is 27.8. The molecule has 0 aromatic heterocycles. The van der Waals surface area contributed by atoms with Gasteiger partial charge < -0.3 is 5.32 Å². The van der Waals surface area contributed by atoms with E-state index < -0.39 is 5.82 Å². The van der Waals surface area contributed by atoms with Crippen LogP contribution in [0, 0.1) is 11.6 Å². The van der Waals surface area contributed by atoms with Crippen LogP contribution >= 0.6 is 15.9 Å². The normalized spacial score (nSPS) is 12.4. The summed E-state index contributed by atoms with van der Waals surface area (Å²) in [5.74, 6) is -0.791. The van der Waals surface area contributed by atoms with Crippen LogP contribution in [0.2, 0.25) is 0 Å². The molecule has 2 rings (SSSR count). The largest absolute Gasteiger partial charge is 0.313 e. The molecule has 0 saturated carbocycles. The first-order valence-corrected chi connectivity index (χ1v) is 6.76. The Morgan fingerprint density at radius 1 is 1.11 bits per heavy atom. The highest BCUT2D eigenvalue weighted by Gasteiger charge is 2.13. The van der Waals surface area contributed by atoms with Crippen molar-refractivity contribution < 1.29 is 8.78 Å². The molecule has 1 atom stereocenters. The molecule has 0 heterocycles. The van der Waals surface area contributed by atoms with Gasteiger partial charge in [-0.05, 0) is 54.9 Å². The lowest BCUT2D eigenvalue weighted by atomic mass is 9.98. The summed E-state index contributed by atoms with van der Waals surface area (Å²) in [6.07, 6.45) is 0.404. The van der Waals surface area contributed by atoms with E-state index in [0.29, 0.717) is 12.0 Å². The zero-order valence-corrected chi connectivity index (χ0v) is 12.0. The third kappa shape index (κ3) is 3.61. The van der Waals surface area contributed by atoms with Gasteiger partial charge in [0, 0.05) is 10.5 Å². The quantitative estimate of drug-likeness (QED) is 0.887. The maximum absolute atomic E-state index is 13.6. The summed E-state index contributed by atoms with van der Waals surface area (Å²) in [7, 11) is 1.81. The van der Waals surface area contributed by atoms with Crippen LogP contribution in [0.15, 0.2) is 46.9 Å². The molecule has 19 heavy (non-hydrogen) atoms. The highest BCUT2D eigenvalue weighted by atomic mass is 79.9. The van der Waals surface area contributed by atoms with Crippen molar-refractivity contribution in [3.63, 3.8) is 0 Å². The summed E-state index contributed by atoms with van der Waals surface area (Å²) >= 11 is 3.37. The first-order valence-electron chi connectivity index (χ1n) is 5.97. The fourth-order valence-corrected chi connectivity index (χ4v) is 2.27. The Morgan fingerprint density at radius 3 is 2.42 bits per heavy atom. The third-order valence-corrected chi connectivity index (χ3v) is 3.58. The molecule has 0 bridgehead atoms. The second-order valence-corrected chi connectivity index (χ2v) is 5.25. The average molecular weight is 326 g/mol. The maximum atomic E-state index is 13.6. The Bertz CT molecular complexity index is 555. The van der Waals surface area contributed by atoms with Crippen molar-refractivity contribution in [2.45, 2.75) is 12.5 Å². The molecule has 100 valence electrons. The fourth-order valence-electron chi connectivity index (χ4n) is 2.00. The van der Waals surface area contributed by atoms with E-state index in [4.69, 9.17) is 0 Å². The van der Waals surface area contributed by atoms with Crippen LogP contribution < -0.4 is 5.32 Å². The summed E-state index contributed by atoms with van der Waals surface area (Å²) in [5, 5.41) is 3.13. The minimum Gasteiger partial charge on any atom is -0.313 e. The van der Waals surface area contributed by atoms with E-state index in [1.54, 1.807) is 0 Å². The molecule has 0 aliphatic rings. The number of benzene rings is 2. The van der Waals surface area contributed by atoms with E-state index >= 15 is 0 Å². The number of hydrogen-bond acceptors (Lipinski definition) is 1. The second-order valence-electron chi connectivity index (χ2n) is 4.33. The SMILES string of the molecule is CNC(Cc1cc(F)ccc1F)c1ccc(Br)cc1. The lowest BCUT2D eigenvalue weighted by Crippen LogP contribution is -2.19. The maximum Gasteiger partial charge on any atom is 0.126 e. The Balaban J connectivity index is 2.23. The van der Waals surface area contributed by atoms with E-state index in [2.05, 4.69) is 21.2 Å². The average Bonchev–Trinajstić information content (AvgIpc) is 2.41. The van der Waals surface area contributed by atoms with Crippen molar-refractivity contribution in [3.8, 4) is 0 Å². The summed E-state index contributed by atoms with van der Waals surface area (Å²) in [6.45, 7) is 0. The van der Waals surface area contributed by atoms with Gasteiger partial charge in [0.05, 0.1) is 0 Å². The monoisotopic (exact) mass is 325 g/mol. The van der Waals surface area contributed by atoms with Crippen molar-refractivity contribution in [1.29, 1.82) is 0 Å². The van der Waals surface area contributed by atoms with Gasteiger partial charge in [0.25, 0.3) is 0 Å². The van der Waals surface area contributed by atoms with Crippen LogP contribution in [0.1, 0.15) is 17.2 Å². The molecule has 0 aliphatic carbocycles. The molecule has 1 N–H and O–H groups in total. The molecule has 1 nitrogen and oxygen atoms in total. The molecule has 2 aromatic carbocycles. The van der Waals surface area contributed by atoms with Gasteiger partial charge in [0.15, 0.2) is 0 Å². The molecule has 2 aromatic rings. The lowest BCUT2D eigenvalue weighted by molar-refractivity contribution is 0.544. The van der Waals surface area contributed by atoms with Crippen molar-refractivity contribution in [3.05, 3.63) is 69.7 Å². The van der Waals surface area contributed by atoms with Crippen molar-refractivity contribution in [1.82, 2.24) is 5.32 Å². The first kappa shape index (κ1) is 14.2. The van der Waals surface area contributed by atoms with Gasteiger partial charge in [0.2, 0.25) is 0 Å².